The normalized spacial score (nSPS) is 11.5. The van der Waals surface area contributed by atoms with Crippen molar-refractivity contribution in [3.05, 3.63) is 98.0 Å². The number of hydrogen-bond acceptors (Lipinski definition) is 5. The second-order valence-corrected chi connectivity index (χ2v) is 8.89. The number of nitriles is 1. The van der Waals surface area contributed by atoms with E-state index in [9.17, 15) is 18.5 Å². The van der Waals surface area contributed by atoms with Crippen molar-refractivity contribution in [3.8, 4) is 6.07 Å². The summed E-state index contributed by atoms with van der Waals surface area (Å²) in [6.07, 6.45) is 3.34. The van der Waals surface area contributed by atoms with Gasteiger partial charge in [0.05, 0.1) is 5.69 Å². The maximum Gasteiger partial charge on any atom is 0.357 e. The highest BCUT2D eigenvalue weighted by Gasteiger charge is 2.21. The molecule has 0 saturated carbocycles. The van der Waals surface area contributed by atoms with E-state index in [1.807, 2.05) is 45.0 Å². The third-order valence-corrected chi connectivity index (χ3v) is 6.16. The van der Waals surface area contributed by atoms with Crippen LogP contribution in [0.3, 0.4) is 0 Å². The summed E-state index contributed by atoms with van der Waals surface area (Å²) in [7, 11) is -4.29. The molecule has 158 valence electrons. The maximum absolute atomic E-state index is 12.8. The summed E-state index contributed by atoms with van der Waals surface area (Å²) < 4.78 is 31.4. The molecule has 0 aliphatic rings. The van der Waals surface area contributed by atoms with Crippen molar-refractivity contribution in [2.24, 2.45) is 0 Å². The molecule has 0 aliphatic carbocycles. The lowest BCUT2D eigenvalue weighted by Gasteiger charge is -2.13. The molecular weight excluding hydrogens is 412 g/mol. The molecule has 2 aromatic carbocycles. The van der Waals surface area contributed by atoms with Crippen molar-refractivity contribution in [2.45, 2.75) is 32.6 Å². The number of aromatic nitrogens is 1. The summed E-state index contributed by atoms with van der Waals surface area (Å²) in [6.45, 7) is 7.45. The molecule has 1 heterocycles. The van der Waals surface area contributed by atoms with Crippen LogP contribution in [0.4, 0.5) is 0 Å². The zero-order chi connectivity index (χ0) is 22.8. The molecule has 1 aromatic heterocycles. The average molecular weight is 435 g/mol. The Morgan fingerprint density at radius 2 is 1.58 bits per heavy atom. The molecule has 7 heteroatoms. The average Bonchev–Trinajstić information content (AvgIpc) is 2.72. The van der Waals surface area contributed by atoms with Gasteiger partial charge in [0.2, 0.25) is 0 Å². The van der Waals surface area contributed by atoms with E-state index >= 15 is 0 Å². The number of nitrogens with zero attached hydrogens (tertiary/aromatic N) is 2. The van der Waals surface area contributed by atoms with Crippen LogP contribution >= 0.6 is 0 Å². The van der Waals surface area contributed by atoms with Crippen LogP contribution in [0.15, 0.2) is 58.2 Å². The summed E-state index contributed by atoms with van der Waals surface area (Å²) in [5.41, 5.74) is 3.64. The molecule has 3 aromatic rings. The highest BCUT2D eigenvalue weighted by atomic mass is 32.2. The molecule has 31 heavy (non-hydrogen) atoms. The molecule has 0 atom stereocenters. The van der Waals surface area contributed by atoms with Gasteiger partial charge in [-0.15, -0.1) is 4.73 Å². The standard InChI is InChI=1S/C24H22N2O4S/c1-16-5-11-22(12-6-16)31(28,29)30-26-21(14-19(4)23(15-25)24(26)27)10-9-20-8-7-17(2)18(3)13-20/h5-14H,1-4H3. The highest BCUT2D eigenvalue weighted by molar-refractivity contribution is 7.87. The Labute approximate surface area is 181 Å². The fourth-order valence-electron chi connectivity index (χ4n) is 2.96. The molecule has 0 radical (unpaired) electrons. The number of hydrogen-bond donors (Lipinski definition) is 0. The van der Waals surface area contributed by atoms with Crippen molar-refractivity contribution in [2.75, 3.05) is 0 Å². The molecule has 3 rings (SSSR count). The Morgan fingerprint density at radius 1 is 0.903 bits per heavy atom. The lowest BCUT2D eigenvalue weighted by molar-refractivity contribution is 0.264. The zero-order valence-corrected chi connectivity index (χ0v) is 18.5. The van der Waals surface area contributed by atoms with E-state index in [4.69, 9.17) is 4.28 Å². The molecule has 0 spiro atoms. The lowest BCUT2D eigenvalue weighted by Crippen LogP contribution is -2.34. The van der Waals surface area contributed by atoms with Gasteiger partial charge in [-0.3, -0.25) is 9.08 Å². The van der Waals surface area contributed by atoms with Crippen LogP contribution in [0.5, 0.6) is 0 Å². The molecule has 0 amide bonds. The van der Waals surface area contributed by atoms with Gasteiger partial charge in [0.25, 0.3) is 0 Å². The largest absolute Gasteiger partial charge is 0.357 e. The predicted molar refractivity (Wildman–Crippen MR) is 120 cm³/mol. The monoisotopic (exact) mass is 434 g/mol. The number of benzene rings is 2. The van der Waals surface area contributed by atoms with Crippen LogP contribution in [-0.4, -0.2) is 13.1 Å². The third-order valence-electron chi connectivity index (χ3n) is 4.96. The minimum Gasteiger partial charge on any atom is -0.280 e. The van der Waals surface area contributed by atoms with Gasteiger partial charge in [-0.25, -0.2) is 0 Å². The van der Waals surface area contributed by atoms with E-state index in [2.05, 4.69) is 0 Å². The van der Waals surface area contributed by atoms with Crippen LogP contribution in [-0.2, 0) is 10.1 Å². The van der Waals surface area contributed by atoms with Gasteiger partial charge in [0.15, 0.2) is 0 Å². The Morgan fingerprint density at radius 3 is 2.19 bits per heavy atom. The van der Waals surface area contributed by atoms with Gasteiger partial charge >= 0.3 is 15.7 Å². The summed E-state index contributed by atoms with van der Waals surface area (Å²) in [5, 5.41) is 9.34. The van der Waals surface area contributed by atoms with E-state index in [0.29, 0.717) is 10.3 Å². The predicted octanol–water partition coefficient (Wildman–Crippen LogP) is 3.94. The van der Waals surface area contributed by atoms with E-state index in [1.165, 1.54) is 12.1 Å². The zero-order valence-electron chi connectivity index (χ0n) is 17.7. The van der Waals surface area contributed by atoms with E-state index in [0.717, 1.165) is 22.3 Å². The Balaban J connectivity index is 2.11. The lowest BCUT2D eigenvalue weighted by atomic mass is 10.1. The van der Waals surface area contributed by atoms with Crippen molar-refractivity contribution in [3.63, 3.8) is 0 Å². The first-order chi connectivity index (χ1) is 14.6. The SMILES string of the molecule is Cc1ccc(S(=O)(=O)On2c(C=Cc3ccc(C)c(C)c3)cc(C)c(C#N)c2=O)cc1. The summed E-state index contributed by atoms with van der Waals surface area (Å²) in [4.78, 5) is 12.7. The first kappa shape index (κ1) is 22.1. The third kappa shape index (κ3) is 4.76. The summed E-state index contributed by atoms with van der Waals surface area (Å²) >= 11 is 0. The summed E-state index contributed by atoms with van der Waals surface area (Å²) in [6, 6.07) is 15.3. The van der Waals surface area contributed by atoms with Crippen LogP contribution in [0, 0.1) is 39.0 Å². The van der Waals surface area contributed by atoms with Gasteiger partial charge in [0, 0.05) is 0 Å². The van der Waals surface area contributed by atoms with Crippen molar-refractivity contribution >= 4 is 22.3 Å². The van der Waals surface area contributed by atoms with E-state index < -0.39 is 15.7 Å². The molecule has 6 nitrogen and oxygen atoms in total. The van der Waals surface area contributed by atoms with Crippen LogP contribution in [0.25, 0.3) is 12.2 Å². The van der Waals surface area contributed by atoms with Gasteiger partial charge in [-0.2, -0.15) is 13.7 Å². The highest BCUT2D eigenvalue weighted by Crippen LogP contribution is 2.16. The van der Waals surface area contributed by atoms with Crippen LogP contribution in [0.1, 0.15) is 39.1 Å². The van der Waals surface area contributed by atoms with Crippen LogP contribution in [0.2, 0.25) is 0 Å². The quantitative estimate of drug-likeness (QED) is 0.607. The molecule has 0 bridgehead atoms. The van der Waals surface area contributed by atoms with Gasteiger partial charge in [0.1, 0.15) is 16.5 Å². The van der Waals surface area contributed by atoms with Gasteiger partial charge < -0.3 is 0 Å². The van der Waals surface area contributed by atoms with Crippen molar-refractivity contribution < 1.29 is 12.7 Å². The minimum absolute atomic E-state index is 0.0897. The van der Waals surface area contributed by atoms with E-state index in [1.54, 1.807) is 37.3 Å². The smallest absolute Gasteiger partial charge is 0.280 e. The molecular formula is C24H22N2O4S. The fraction of sp³-hybridized carbons (Fsp3) is 0.167. The first-order valence-electron chi connectivity index (χ1n) is 9.56. The van der Waals surface area contributed by atoms with E-state index in [-0.39, 0.29) is 16.2 Å². The van der Waals surface area contributed by atoms with Crippen molar-refractivity contribution in [1.29, 1.82) is 5.26 Å². The second-order valence-electron chi connectivity index (χ2n) is 7.36. The summed E-state index contributed by atoms with van der Waals surface area (Å²) in [5.74, 6) is 0. The fourth-order valence-corrected chi connectivity index (χ4v) is 3.87. The first-order valence-corrected chi connectivity index (χ1v) is 11.0. The van der Waals surface area contributed by atoms with Crippen molar-refractivity contribution in [1.82, 2.24) is 4.73 Å². The Bertz CT molecular complexity index is 1380. The molecule has 0 unspecified atom stereocenters. The Hall–Kier alpha value is -3.63. The maximum atomic E-state index is 12.8. The minimum atomic E-state index is -4.29. The number of pyridine rings is 1. The Kier molecular flexibility index (Phi) is 6.14. The van der Waals surface area contributed by atoms with Crippen LogP contribution < -0.4 is 9.84 Å². The number of rotatable bonds is 5. The molecule has 0 saturated heterocycles. The molecule has 0 N–H and O–H groups in total. The number of aryl methyl sites for hydroxylation is 4. The second kappa shape index (κ2) is 8.62. The van der Waals surface area contributed by atoms with Gasteiger partial charge in [-0.05, 0) is 74.2 Å². The molecule has 0 fully saturated rings. The van der Waals surface area contributed by atoms with Gasteiger partial charge in [-0.1, -0.05) is 42.0 Å². The topological polar surface area (TPSA) is 89.2 Å². The molecule has 0 aliphatic heterocycles.